The SMILES string of the molecule is CC(C)(C)NCC1CCN(COC(C)(C)C)CC1. The summed E-state index contributed by atoms with van der Waals surface area (Å²) in [5.41, 5.74) is 0.219. The van der Waals surface area contributed by atoms with E-state index in [0.29, 0.717) is 0 Å². The van der Waals surface area contributed by atoms with Crippen LogP contribution in [0, 0.1) is 5.92 Å². The first kappa shape index (κ1) is 15.9. The third kappa shape index (κ3) is 7.34. The van der Waals surface area contributed by atoms with Crippen molar-refractivity contribution in [2.75, 3.05) is 26.4 Å². The van der Waals surface area contributed by atoms with Crippen LogP contribution in [0.2, 0.25) is 0 Å². The van der Waals surface area contributed by atoms with Gasteiger partial charge in [0.1, 0.15) is 0 Å². The molecule has 1 heterocycles. The summed E-state index contributed by atoms with van der Waals surface area (Å²) < 4.78 is 5.83. The molecule has 0 aliphatic carbocycles. The monoisotopic (exact) mass is 256 g/mol. The van der Waals surface area contributed by atoms with Gasteiger partial charge in [-0.1, -0.05) is 0 Å². The Morgan fingerprint density at radius 2 is 1.61 bits per heavy atom. The smallest absolute Gasteiger partial charge is 0.0997 e. The topological polar surface area (TPSA) is 24.5 Å². The molecule has 1 N–H and O–H groups in total. The fourth-order valence-corrected chi connectivity index (χ4v) is 2.06. The molecule has 0 aromatic rings. The van der Waals surface area contributed by atoms with Crippen molar-refractivity contribution in [2.45, 2.75) is 65.5 Å². The van der Waals surface area contributed by atoms with E-state index in [9.17, 15) is 0 Å². The normalized spacial score (nSPS) is 20.3. The third-order valence-electron chi connectivity index (χ3n) is 3.31. The fraction of sp³-hybridized carbons (Fsp3) is 1.00. The van der Waals surface area contributed by atoms with Crippen LogP contribution < -0.4 is 5.32 Å². The Kier molecular flexibility index (Phi) is 5.63. The molecule has 0 spiro atoms. The minimum atomic E-state index is -0.0232. The lowest BCUT2D eigenvalue weighted by Gasteiger charge is -2.35. The summed E-state index contributed by atoms with van der Waals surface area (Å²) >= 11 is 0. The molecule has 0 bridgehead atoms. The molecule has 1 saturated heterocycles. The summed E-state index contributed by atoms with van der Waals surface area (Å²) in [4.78, 5) is 2.43. The molecule has 108 valence electrons. The second-order valence-electron chi connectivity index (χ2n) is 7.58. The van der Waals surface area contributed by atoms with Crippen LogP contribution >= 0.6 is 0 Å². The van der Waals surface area contributed by atoms with Crippen molar-refractivity contribution < 1.29 is 4.74 Å². The minimum Gasteiger partial charge on any atom is -0.360 e. The Labute approximate surface area is 113 Å². The highest BCUT2D eigenvalue weighted by Gasteiger charge is 2.22. The summed E-state index contributed by atoms with van der Waals surface area (Å²) in [6, 6.07) is 0. The van der Waals surface area contributed by atoms with E-state index in [-0.39, 0.29) is 11.1 Å². The van der Waals surface area contributed by atoms with Gasteiger partial charge >= 0.3 is 0 Å². The van der Waals surface area contributed by atoms with Gasteiger partial charge in [-0.05, 0) is 66.8 Å². The molecule has 1 aliphatic rings. The van der Waals surface area contributed by atoms with Crippen LogP contribution in [-0.4, -0.2) is 42.4 Å². The van der Waals surface area contributed by atoms with Gasteiger partial charge < -0.3 is 10.1 Å². The molecule has 3 nitrogen and oxygen atoms in total. The van der Waals surface area contributed by atoms with Crippen LogP contribution in [0.25, 0.3) is 0 Å². The van der Waals surface area contributed by atoms with Gasteiger partial charge in [-0.2, -0.15) is 0 Å². The first-order valence-electron chi connectivity index (χ1n) is 7.27. The minimum absolute atomic E-state index is 0.0232. The lowest BCUT2D eigenvalue weighted by atomic mass is 9.96. The second-order valence-corrected chi connectivity index (χ2v) is 7.58. The number of rotatable bonds is 4. The highest BCUT2D eigenvalue weighted by Crippen LogP contribution is 2.18. The summed E-state index contributed by atoms with van der Waals surface area (Å²) in [6.45, 7) is 17.3. The molecule has 3 heteroatoms. The van der Waals surface area contributed by atoms with Crippen molar-refractivity contribution in [3.8, 4) is 0 Å². The number of hydrogen-bond donors (Lipinski definition) is 1. The van der Waals surface area contributed by atoms with Crippen LogP contribution in [0.3, 0.4) is 0 Å². The van der Waals surface area contributed by atoms with Crippen LogP contribution in [0.15, 0.2) is 0 Å². The van der Waals surface area contributed by atoms with E-state index in [1.54, 1.807) is 0 Å². The maximum absolute atomic E-state index is 5.83. The number of likely N-dealkylation sites (tertiary alicyclic amines) is 1. The zero-order valence-corrected chi connectivity index (χ0v) is 13.2. The molecular formula is C15H32N2O. The average molecular weight is 256 g/mol. The maximum atomic E-state index is 5.83. The quantitative estimate of drug-likeness (QED) is 0.837. The van der Waals surface area contributed by atoms with Crippen molar-refractivity contribution in [1.82, 2.24) is 10.2 Å². The number of nitrogens with one attached hydrogen (secondary N) is 1. The number of piperidine rings is 1. The standard InChI is InChI=1S/C15H32N2O/c1-14(2,3)16-11-13-7-9-17(10-8-13)12-18-15(4,5)6/h13,16H,7-12H2,1-6H3. The molecule has 0 aromatic carbocycles. The number of hydrogen-bond acceptors (Lipinski definition) is 3. The molecule has 1 rings (SSSR count). The fourth-order valence-electron chi connectivity index (χ4n) is 2.06. The van der Waals surface area contributed by atoms with Gasteiger partial charge in [0.25, 0.3) is 0 Å². The van der Waals surface area contributed by atoms with E-state index in [1.807, 2.05) is 0 Å². The van der Waals surface area contributed by atoms with E-state index in [1.165, 1.54) is 25.9 Å². The van der Waals surface area contributed by atoms with Crippen molar-refractivity contribution in [2.24, 2.45) is 5.92 Å². The van der Waals surface area contributed by atoms with E-state index < -0.39 is 0 Å². The lowest BCUT2D eigenvalue weighted by Crippen LogP contribution is -2.43. The van der Waals surface area contributed by atoms with E-state index >= 15 is 0 Å². The number of nitrogens with zero attached hydrogens (tertiary/aromatic N) is 1. The summed E-state index contributed by atoms with van der Waals surface area (Å²) in [7, 11) is 0. The lowest BCUT2D eigenvalue weighted by molar-refractivity contribution is -0.0711. The molecule has 0 unspecified atom stereocenters. The number of ether oxygens (including phenoxy) is 1. The molecule has 18 heavy (non-hydrogen) atoms. The molecule has 0 saturated carbocycles. The van der Waals surface area contributed by atoms with E-state index in [2.05, 4.69) is 51.8 Å². The Morgan fingerprint density at radius 3 is 2.06 bits per heavy atom. The Bertz CT molecular complexity index is 206. The highest BCUT2D eigenvalue weighted by molar-refractivity contribution is 4.77. The van der Waals surface area contributed by atoms with Gasteiger partial charge in [0.2, 0.25) is 0 Å². The van der Waals surface area contributed by atoms with Crippen LogP contribution in [-0.2, 0) is 4.74 Å². The van der Waals surface area contributed by atoms with Crippen LogP contribution in [0.4, 0.5) is 0 Å². The van der Waals surface area contributed by atoms with Crippen molar-refractivity contribution in [1.29, 1.82) is 0 Å². The zero-order valence-electron chi connectivity index (χ0n) is 13.2. The van der Waals surface area contributed by atoms with Gasteiger partial charge in [0.15, 0.2) is 0 Å². The van der Waals surface area contributed by atoms with Gasteiger partial charge in [-0.3, -0.25) is 4.90 Å². The zero-order chi connectivity index (χ0) is 13.8. The van der Waals surface area contributed by atoms with Crippen molar-refractivity contribution >= 4 is 0 Å². The predicted octanol–water partition coefficient (Wildman–Crippen LogP) is 2.86. The van der Waals surface area contributed by atoms with E-state index in [4.69, 9.17) is 4.74 Å². The molecule has 0 amide bonds. The first-order valence-corrected chi connectivity index (χ1v) is 7.27. The molecule has 1 aliphatic heterocycles. The first-order chi connectivity index (χ1) is 8.16. The van der Waals surface area contributed by atoms with Crippen molar-refractivity contribution in [3.05, 3.63) is 0 Å². The van der Waals surface area contributed by atoms with E-state index in [0.717, 1.165) is 19.2 Å². The highest BCUT2D eigenvalue weighted by atomic mass is 16.5. The molecular weight excluding hydrogens is 224 g/mol. The van der Waals surface area contributed by atoms with Crippen molar-refractivity contribution in [3.63, 3.8) is 0 Å². The largest absolute Gasteiger partial charge is 0.360 e. The summed E-state index contributed by atoms with van der Waals surface area (Å²) in [5, 5.41) is 3.61. The Balaban J connectivity index is 2.17. The van der Waals surface area contributed by atoms with Gasteiger partial charge in [0, 0.05) is 18.6 Å². The molecule has 0 radical (unpaired) electrons. The molecule has 0 atom stereocenters. The van der Waals surface area contributed by atoms with Gasteiger partial charge in [-0.15, -0.1) is 0 Å². The van der Waals surface area contributed by atoms with Crippen LogP contribution in [0.1, 0.15) is 54.4 Å². The Hall–Kier alpha value is -0.120. The molecule has 0 aromatic heterocycles. The second kappa shape index (κ2) is 6.36. The average Bonchev–Trinajstić information content (AvgIpc) is 2.23. The third-order valence-corrected chi connectivity index (χ3v) is 3.31. The van der Waals surface area contributed by atoms with Gasteiger partial charge in [-0.25, -0.2) is 0 Å². The summed E-state index contributed by atoms with van der Waals surface area (Å²) in [5.74, 6) is 0.829. The van der Waals surface area contributed by atoms with Gasteiger partial charge in [0.05, 0.1) is 12.3 Å². The molecule has 1 fully saturated rings. The van der Waals surface area contributed by atoms with Crippen LogP contribution in [0.5, 0.6) is 0 Å². The predicted molar refractivity (Wildman–Crippen MR) is 77.8 cm³/mol. The maximum Gasteiger partial charge on any atom is 0.0997 e. The summed E-state index contributed by atoms with van der Waals surface area (Å²) in [6.07, 6.45) is 2.58. The Morgan fingerprint density at radius 1 is 1.06 bits per heavy atom.